The monoisotopic (exact) mass is 430 g/mol. The highest BCUT2D eigenvalue weighted by molar-refractivity contribution is 6.01. The van der Waals surface area contributed by atoms with E-state index in [1.165, 1.54) is 20.3 Å². The third-order valence-corrected chi connectivity index (χ3v) is 4.91. The fraction of sp³-hybridized carbons (Fsp3) is 0.0870. The second-order valence-corrected chi connectivity index (χ2v) is 6.78. The number of esters is 1. The van der Waals surface area contributed by atoms with Crippen LogP contribution in [0, 0.1) is 10.1 Å². The number of nitrogens with zero attached hydrogens (tertiary/aromatic N) is 3. The van der Waals surface area contributed by atoms with Crippen molar-refractivity contribution in [3.8, 4) is 17.0 Å². The number of carbonyl (C=O) groups is 1. The standard InChI is InChI=1S/C23H18N4O5/c1-31-20-12-9-15(13-19(20)27(29)30)21-17-5-3-4-6-18(17)22(26-25-21)24-16-10-7-14(8-11-16)23(28)32-2/h3-13H,1-2H3,(H,24,26). The molecule has 32 heavy (non-hydrogen) atoms. The molecule has 4 rings (SSSR count). The van der Waals surface area contributed by atoms with E-state index in [1.807, 2.05) is 24.3 Å². The molecule has 0 saturated carbocycles. The highest BCUT2D eigenvalue weighted by Crippen LogP contribution is 2.35. The number of nitro groups is 1. The van der Waals surface area contributed by atoms with Gasteiger partial charge in [-0.05, 0) is 36.4 Å². The Balaban J connectivity index is 1.75. The van der Waals surface area contributed by atoms with Crippen molar-refractivity contribution in [1.29, 1.82) is 0 Å². The van der Waals surface area contributed by atoms with E-state index in [0.717, 1.165) is 10.8 Å². The van der Waals surface area contributed by atoms with Crippen molar-refractivity contribution >= 4 is 33.9 Å². The van der Waals surface area contributed by atoms with Crippen LogP contribution >= 0.6 is 0 Å². The number of nitrogens with one attached hydrogen (secondary N) is 1. The van der Waals surface area contributed by atoms with Gasteiger partial charge in [0, 0.05) is 28.1 Å². The number of hydrogen-bond donors (Lipinski definition) is 1. The summed E-state index contributed by atoms with van der Waals surface area (Å²) in [6, 6.07) is 18.9. The number of rotatable bonds is 6. The van der Waals surface area contributed by atoms with Gasteiger partial charge >= 0.3 is 11.7 Å². The van der Waals surface area contributed by atoms with Crippen LogP contribution in [0.25, 0.3) is 22.0 Å². The average molecular weight is 430 g/mol. The molecule has 9 nitrogen and oxygen atoms in total. The van der Waals surface area contributed by atoms with Gasteiger partial charge in [-0.25, -0.2) is 4.79 Å². The molecule has 0 bridgehead atoms. The highest BCUT2D eigenvalue weighted by Gasteiger charge is 2.18. The van der Waals surface area contributed by atoms with Crippen LogP contribution < -0.4 is 10.1 Å². The lowest BCUT2D eigenvalue weighted by Gasteiger charge is -2.12. The fourth-order valence-corrected chi connectivity index (χ4v) is 3.33. The van der Waals surface area contributed by atoms with Gasteiger partial charge < -0.3 is 14.8 Å². The molecule has 0 fully saturated rings. The molecule has 1 aromatic heterocycles. The summed E-state index contributed by atoms with van der Waals surface area (Å²) in [4.78, 5) is 22.5. The molecule has 0 aliphatic carbocycles. The Hall–Kier alpha value is -4.53. The van der Waals surface area contributed by atoms with Gasteiger partial charge in [-0.3, -0.25) is 10.1 Å². The number of nitro benzene ring substituents is 1. The highest BCUT2D eigenvalue weighted by atomic mass is 16.6. The van der Waals surface area contributed by atoms with E-state index in [-0.39, 0.29) is 11.4 Å². The first kappa shape index (κ1) is 20.7. The van der Waals surface area contributed by atoms with E-state index < -0.39 is 10.9 Å². The molecule has 3 aromatic carbocycles. The van der Waals surface area contributed by atoms with Crippen LogP contribution in [0.5, 0.6) is 5.75 Å². The van der Waals surface area contributed by atoms with E-state index in [9.17, 15) is 14.9 Å². The van der Waals surface area contributed by atoms with Crippen molar-refractivity contribution in [3.05, 3.63) is 82.4 Å². The molecule has 0 aliphatic rings. The van der Waals surface area contributed by atoms with Crippen LogP contribution in [0.2, 0.25) is 0 Å². The molecule has 0 saturated heterocycles. The normalized spacial score (nSPS) is 10.6. The Morgan fingerprint density at radius 1 is 0.969 bits per heavy atom. The molecule has 0 atom stereocenters. The average Bonchev–Trinajstić information content (AvgIpc) is 2.83. The van der Waals surface area contributed by atoms with E-state index in [4.69, 9.17) is 9.47 Å². The third-order valence-electron chi connectivity index (χ3n) is 4.91. The zero-order valence-electron chi connectivity index (χ0n) is 17.2. The molecule has 0 aliphatic heterocycles. The minimum absolute atomic E-state index is 0.149. The van der Waals surface area contributed by atoms with Gasteiger partial charge in [0.25, 0.3) is 0 Å². The first-order valence-electron chi connectivity index (χ1n) is 9.55. The van der Waals surface area contributed by atoms with Crippen LogP contribution in [-0.2, 0) is 4.74 Å². The number of hydrogen-bond acceptors (Lipinski definition) is 8. The molecule has 0 radical (unpaired) electrons. The van der Waals surface area contributed by atoms with Crippen molar-refractivity contribution in [2.45, 2.75) is 0 Å². The first-order chi connectivity index (χ1) is 15.5. The minimum Gasteiger partial charge on any atom is -0.490 e. The summed E-state index contributed by atoms with van der Waals surface area (Å²) in [5.74, 6) is 0.266. The minimum atomic E-state index is -0.494. The van der Waals surface area contributed by atoms with Crippen molar-refractivity contribution in [2.75, 3.05) is 19.5 Å². The number of anilines is 2. The molecule has 0 unspecified atom stereocenters. The van der Waals surface area contributed by atoms with Crippen molar-refractivity contribution in [2.24, 2.45) is 0 Å². The zero-order valence-corrected chi connectivity index (χ0v) is 17.2. The van der Waals surface area contributed by atoms with Gasteiger partial charge in [-0.15, -0.1) is 10.2 Å². The summed E-state index contributed by atoms with van der Waals surface area (Å²) in [5, 5.41) is 24.8. The van der Waals surface area contributed by atoms with Crippen LogP contribution in [0.15, 0.2) is 66.7 Å². The van der Waals surface area contributed by atoms with Crippen LogP contribution in [0.3, 0.4) is 0 Å². The number of methoxy groups -OCH3 is 2. The molecule has 0 amide bonds. The van der Waals surface area contributed by atoms with E-state index >= 15 is 0 Å². The smallest absolute Gasteiger partial charge is 0.337 e. The molecule has 1 N–H and O–H groups in total. The van der Waals surface area contributed by atoms with Crippen LogP contribution in [0.1, 0.15) is 10.4 Å². The van der Waals surface area contributed by atoms with Crippen LogP contribution in [0.4, 0.5) is 17.2 Å². The lowest BCUT2D eigenvalue weighted by atomic mass is 10.0. The van der Waals surface area contributed by atoms with Crippen molar-refractivity contribution < 1.29 is 19.2 Å². The molecule has 0 spiro atoms. The Morgan fingerprint density at radius 2 is 1.69 bits per heavy atom. The molecular weight excluding hydrogens is 412 g/mol. The predicted octanol–water partition coefficient (Wildman–Crippen LogP) is 4.74. The van der Waals surface area contributed by atoms with Crippen molar-refractivity contribution in [1.82, 2.24) is 10.2 Å². The van der Waals surface area contributed by atoms with Gasteiger partial charge in [-0.1, -0.05) is 24.3 Å². The Labute approximate surface area is 182 Å². The van der Waals surface area contributed by atoms with Gasteiger partial charge in [0.1, 0.15) is 5.69 Å². The Kier molecular flexibility index (Phi) is 5.63. The Morgan fingerprint density at radius 3 is 2.34 bits per heavy atom. The van der Waals surface area contributed by atoms with Gasteiger partial charge in [-0.2, -0.15) is 0 Å². The Bertz CT molecular complexity index is 1320. The van der Waals surface area contributed by atoms with E-state index in [2.05, 4.69) is 15.5 Å². The maximum atomic E-state index is 11.6. The number of ether oxygens (including phenoxy) is 2. The number of aromatic nitrogens is 2. The maximum Gasteiger partial charge on any atom is 0.337 e. The lowest BCUT2D eigenvalue weighted by Crippen LogP contribution is -2.02. The largest absolute Gasteiger partial charge is 0.490 e. The van der Waals surface area contributed by atoms with Gasteiger partial charge in [0.2, 0.25) is 0 Å². The molecule has 4 aromatic rings. The molecule has 160 valence electrons. The van der Waals surface area contributed by atoms with Crippen LogP contribution in [-0.4, -0.2) is 35.3 Å². The summed E-state index contributed by atoms with van der Waals surface area (Å²) in [6.07, 6.45) is 0. The maximum absolute atomic E-state index is 11.6. The number of fused-ring (bicyclic) bond motifs is 1. The predicted molar refractivity (Wildman–Crippen MR) is 119 cm³/mol. The fourth-order valence-electron chi connectivity index (χ4n) is 3.33. The topological polar surface area (TPSA) is 116 Å². The summed E-state index contributed by atoms with van der Waals surface area (Å²) < 4.78 is 9.80. The zero-order chi connectivity index (χ0) is 22.7. The molecule has 9 heteroatoms. The first-order valence-corrected chi connectivity index (χ1v) is 9.55. The van der Waals surface area contributed by atoms with Gasteiger partial charge in [0.05, 0.1) is 24.7 Å². The number of carbonyl (C=O) groups excluding carboxylic acids is 1. The summed E-state index contributed by atoms with van der Waals surface area (Å²) in [7, 11) is 2.71. The second-order valence-electron chi connectivity index (χ2n) is 6.78. The SMILES string of the molecule is COC(=O)c1ccc(Nc2nnc(-c3ccc(OC)c([N+](=O)[O-])c3)c3ccccc23)cc1. The third kappa shape index (κ3) is 3.91. The quantitative estimate of drug-likeness (QED) is 0.265. The summed E-state index contributed by atoms with van der Waals surface area (Å²) in [5.41, 5.74) is 2.06. The second kappa shape index (κ2) is 8.68. The molecule has 1 heterocycles. The van der Waals surface area contributed by atoms with E-state index in [1.54, 1.807) is 36.4 Å². The van der Waals surface area contributed by atoms with E-state index in [0.29, 0.717) is 28.3 Å². The number of benzene rings is 3. The summed E-state index contributed by atoms with van der Waals surface area (Å²) in [6.45, 7) is 0. The summed E-state index contributed by atoms with van der Waals surface area (Å²) >= 11 is 0. The molecular formula is C23H18N4O5. The lowest BCUT2D eigenvalue weighted by molar-refractivity contribution is -0.385. The van der Waals surface area contributed by atoms with Crippen molar-refractivity contribution in [3.63, 3.8) is 0 Å². The van der Waals surface area contributed by atoms with Gasteiger partial charge in [0.15, 0.2) is 11.6 Å².